The first kappa shape index (κ1) is 27.9. The van der Waals surface area contributed by atoms with Crippen molar-refractivity contribution in [3.8, 4) is 62.4 Å². The van der Waals surface area contributed by atoms with Crippen molar-refractivity contribution >= 4 is 0 Å². The third kappa shape index (κ3) is 6.11. The van der Waals surface area contributed by atoms with E-state index in [0.717, 1.165) is 33.5 Å². The molecule has 0 aliphatic heterocycles. The maximum absolute atomic E-state index is 10.7. The molecule has 5 nitrogen and oxygen atoms in total. The van der Waals surface area contributed by atoms with E-state index in [2.05, 4.69) is 37.0 Å². The molecule has 2 aromatic heterocycles. The van der Waals surface area contributed by atoms with E-state index in [0.29, 0.717) is 34.3 Å². The molecule has 0 saturated heterocycles. The molecule has 6 aromatic rings. The SMILES string of the molecule is Cc1cccc(C)c1-c1cc(-c2ccccc2O)nc(-c2[c-]c(Oc3ccccn3)cc(-c3ccccc3)c2)n1.[Pt]. The fourth-order valence-electron chi connectivity index (χ4n) is 4.78. The third-order valence-corrected chi connectivity index (χ3v) is 6.69. The zero-order chi connectivity index (χ0) is 27.5. The van der Waals surface area contributed by atoms with Crippen LogP contribution in [-0.4, -0.2) is 20.1 Å². The van der Waals surface area contributed by atoms with E-state index < -0.39 is 0 Å². The van der Waals surface area contributed by atoms with Gasteiger partial charge in [0.15, 0.2) is 0 Å². The number of para-hydroxylation sites is 1. The van der Waals surface area contributed by atoms with Gasteiger partial charge in [0.1, 0.15) is 5.75 Å². The van der Waals surface area contributed by atoms with Crippen LogP contribution in [0.3, 0.4) is 0 Å². The second-order valence-electron chi connectivity index (χ2n) is 9.53. The number of hydrogen-bond donors (Lipinski definition) is 1. The van der Waals surface area contributed by atoms with Crippen LogP contribution in [0.2, 0.25) is 0 Å². The summed E-state index contributed by atoms with van der Waals surface area (Å²) in [6, 6.07) is 38.2. The van der Waals surface area contributed by atoms with Crippen molar-refractivity contribution < 1.29 is 30.9 Å². The van der Waals surface area contributed by atoms with Crippen molar-refractivity contribution in [2.75, 3.05) is 0 Å². The largest absolute Gasteiger partial charge is 0.507 e. The minimum atomic E-state index is 0. The van der Waals surface area contributed by atoms with Crippen molar-refractivity contribution in [2.45, 2.75) is 13.8 Å². The van der Waals surface area contributed by atoms with E-state index in [4.69, 9.17) is 14.7 Å². The Morgan fingerprint density at radius 3 is 2.12 bits per heavy atom. The minimum Gasteiger partial charge on any atom is -0.507 e. The quantitative estimate of drug-likeness (QED) is 0.176. The number of aromatic nitrogens is 3. The van der Waals surface area contributed by atoms with Crippen LogP contribution in [0.5, 0.6) is 17.4 Å². The molecule has 0 aliphatic rings. The number of benzene rings is 4. The Hall–Kier alpha value is -4.60. The van der Waals surface area contributed by atoms with Gasteiger partial charge in [0.05, 0.1) is 17.2 Å². The standard InChI is InChI=1S/C35H26N3O2.Pt/c1-23-11-10-12-24(2)34(23)31-22-30(29-15-6-7-16-32(29)39)37-35(38-31)27-19-26(25-13-4-3-5-14-25)20-28(21-27)40-33-17-8-9-18-36-33;/h3-20,22,39H,1-2H3;/q-1;. The summed E-state index contributed by atoms with van der Waals surface area (Å²) >= 11 is 0. The second kappa shape index (κ2) is 12.3. The summed E-state index contributed by atoms with van der Waals surface area (Å²) in [4.78, 5) is 14.3. The molecule has 6 heteroatoms. The van der Waals surface area contributed by atoms with E-state index in [-0.39, 0.29) is 26.8 Å². The van der Waals surface area contributed by atoms with Gasteiger partial charge in [-0.25, -0.2) is 4.98 Å². The Kier molecular flexibility index (Phi) is 8.37. The number of phenolic OH excluding ortho intramolecular Hbond substituents is 1. The molecule has 6 rings (SSSR count). The molecular weight excluding hydrogens is 689 g/mol. The molecule has 2 heterocycles. The summed E-state index contributed by atoms with van der Waals surface area (Å²) in [5.74, 6) is 1.60. The number of phenols is 1. The Balaban J connectivity index is 0.00000337. The molecule has 0 radical (unpaired) electrons. The van der Waals surface area contributed by atoms with Crippen molar-refractivity contribution in [2.24, 2.45) is 0 Å². The third-order valence-electron chi connectivity index (χ3n) is 6.69. The Labute approximate surface area is 253 Å². The molecule has 0 bridgehead atoms. The smallest absolute Gasteiger partial charge is 0.217 e. The summed E-state index contributed by atoms with van der Waals surface area (Å²) in [6.07, 6.45) is 1.69. The Morgan fingerprint density at radius 2 is 1.39 bits per heavy atom. The van der Waals surface area contributed by atoms with Crippen LogP contribution in [0.1, 0.15) is 11.1 Å². The monoisotopic (exact) mass is 715 g/mol. The molecule has 0 unspecified atom stereocenters. The molecule has 0 aliphatic carbocycles. The maximum Gasteiger partial charge on any atom is 0.217 e. The molecule has 0 fully saturated rings. The number of ether oxygens (including phenoxy) is 1. The number of aromatic hydroxyl groups is 1. The van der Waals surface area contributed by atoms with E-state index in [1.807, 2.05) is 78.9 Å². The van der Waals surface area contributed by atoms with Crippen molar-refractivity contribution in [3.05, 3.63) is 133 Å². The van der Waals surface area contributed by atoms with Crippen LogP contribution in [0.15, 0.2) is 115 Å². The summed E-state index contributed by atoms with van der Waals surface area (Å²) in [5, 5.41) is 10.7. The van der Waals surface area contributed by atoms with Crippen LogP contribution < -0.4 is 4.74 Å². The van der Waals surface area contributed by atoms with Gasteiger partial charge in [-0.3, -0.25) is 9.97 Å². The van der Waals surface area contributed by atoms with Crippen LogP contribution in [0.4, 0.5) is 0 Å². The van der Waals surface area contributed by atoms with Crippen molar-refractivity contribution in [1.29, 1.82) is 0 Å². The summed E-state index contributed by atoms with van der Waals surface area (Å²) < 4.78 is 6.13. The number of hydrogen-bond acceptors (Lipinski definition) is 5. The van der Waals surface area contributed by atoms with Crippen LogP contribution in [-0.2, 0) is 21.1 Å². The first-order valence-corrected chi connectivity index (χ1v) is 13.0. The predicted molar refractivity (Wildman–Crippen MR) is 158 cm³/mol. The van der Waals surface area contributed by atoms with Gasteiger partial charge in [0, 0.05) is 50.2 Å². The normalized spacial score (nSPS) is 10.6. The Bertz CT molecular complexity index is 1790. The van der Waals surface area contributed by atoms with E-state index >= 15 is 0 Å². The molecule has 4 aromatic carbocycles. The zero-order valence-corrected chi connectivity index (χ0v) is 24.8. The van der Waals surface area contributed by atoms with E-state index in [1.54, 1.807) is 24.4 Å². The molecule has 41 heavy (non-hydrogen) atoms. The van der Waals surface area contributed by atoms with Gasteiger partial charge in [-0.2, -0.15) is 0 Å². The molecule has 204 valence electrons. The topological polar surface area (TPSA) is 68.1 Å². The molecule has 0 amide bonds. The average Bonchev–Trinajstić information content (AvgIpc) is 2.98. The summed E-state index contributed by atoms with van der Waals surface area (Å²) in [5.41, 5.74) is 7.88. The molecule has 1 N–H and O–H groups in total. The molecular formula is C35H26N3O2Pt-. The van der Waals surface area contributed by atoms with E-state index in [9.17, 15) is 5.11 Å². The summed E-state index contributed by atoms with van der Waals surface area (Å²) in [6.45, 7) is 4.15. The van der Waals surface area contributed by atoms with Gasteiger partial charge in [0.2, 0.25) is 5.88 Å². The predicted octanol–water partition coefficient (Wildman–Crippen LogP) is 8.45. The average molecular weight is 716 g/mol. The maximum atomic E-state index is 10.7. The number of aryl methyl sites for hydroxylation is 2. The second-order valence-corrected chi connectivity index (χ2v) is 9.53. The zero-order valence-electron chi connectivity index (χ0n) is 22.5. The molecule has 0 atom stereocenters. The fraction of sp³-hybridized carbons (Fsp3) is 0.0571. The number of rotatable bonds is 6. The molecule has 0 spiro atoms. The van der Waals surface area contributed by atoms with E-state index in [1.165, 1.54) is 0 Å². The van der Waals surface area contributed by atoms with Gasteiger partial charge < -0.3 is 9.84 Å². The van der Waals surface area contributed by atoms with Crippen molar-refractivity contribution in [1.82, 2.24) is 15.0 Å². The fourth-order valence-corrected chi connectivity index (χ4v) is 4.78. The number of nitrogens with zero attached hydrogens (tertiary/aromatic N) is 3. The van der Waals surface area contributed by atoms with Gasteiger partial charge in [0.25, 0.3) is 0 Å². The van der Waals surface area contributed by atoms with Gasteiger partial charge in [-0.15, -0.1) is 11.6 Å². The minimum absolute atomic E-state index is 0. The Morgan fingerprint density at radius 1 is 0.683 bits per heavy atom. The summed E-state index contributed by atoms with van der Waals surface area (Å²) in [7, 11) is 0. The van der Waals surface area contributed by atoms with Gasteiger partial charge in [-0.05, 0) is 54.8 Å². The van der Waals surface area contributed by atoms with Crippen molar-refractivity contribution in [3.63, 3.8) is 0 Å². The van der Waals surface area contributed by atoms with Gasteiger partial charge in [-0.1, -0.05) is 84.4 Å². The van der Waals surface area contributed by atoms with Crippen LogP contribution in [0, 0.1) is 19.9 Å². The number of pyridine rings is 1. The first-order valence-electron chi connectivity index (χ1n) is 13.0. The van der Waals surface area contributed by atoms with Gasteiger partial charge >= 0.3 is 0 Å². The van der Waals surface area contributed by atoms with Crippen LogP contribution in [0.25, 0.3) is 45.0 Å². The molecule has 0 saturated carbocycles. The van der Waals surface area contributed by atoms with Crippen LogP contribution >= 0.6 is 0 Å². The first-order chi connectivity index (χ1) is 19.5.